The number of benzene rings is 2. The Kier molecular flexibility index (Phi) is 6.10. The van der Waals surface area contributed by atoms with Gasteiger partial charge in [0.25, 0.3) is 5.91 Å². The molecule has 0 fully saturated rings. The molecule has 0 saturated heterocycles. The highest BCUT2D eigenvalue weighted by Crippen LogP contribution is 2.38. The zero-order valence-electron chi connectivity index (χ0n) is 14.7. The number of aryl methyl sites for hydroxylation is 1. The van der Waals surface area contributed by atoms with E-state index < -0.39 is 41.7 Å². The molecule has 0 saturated carbocycles. The fourth-order valence-electron chi connectivity index (χ4n) is 2.26. The molecule has 0 bridgehead atoms. The third kappa shape index (κ3) is 5.54. The summed E-state index contributed by atoms with van der Waals surface area (Å²) in [5.41, 5.74) is -1.97. The Labute approximate surface area is 156 Å². The summed E-state index contributed by atoms with van der Waals surface area (Å²) < 4.78 is 86.9. The number of rotatable bonds is 5. The second-order valence-corrected chi connectivity index (χ2v) is 5.78. The summed E-state index contributed by atoms with van der Waals surface area (Å²) in [7, 11) is 1.37. The zero-order valence-corrected chi connectivity index (χ0v) is 14.7. The first-order valence-corrected chi connectivity index (χ1v) is 7.77. The molecular formula is C18H15F6NO3. The van der Waals surface area contributed by atoms with Crippen LogP contribution in [0.1, 0.15) is 16.7 Å². The number of carbonyl (C=O) groups excluding carboxylic acids is 1. The number of anilines is 1. The standard InChI is InChI=1S/C18H15F6NO3/c1-10-3-4-15(27-2)14(5-10)25-16(26)9-28-13-7-11(17(19,20)21)6-12(8-13)18(22,23)24/h3-8H,9H2,1-2H3,(H,25,26). The molecule has 28 heavy (non-hydrogen) atoms. The molecule has 1 amide bonds. The number of halogens is 6. The first-order chi connectivity index (χ1) is 12.9. The van der Waals surface area contributed by atoms with Gasteiger partial charge in [-0.05, 0) is 42.8 Å². The van der Waals surface area contributed by atoms with Crippen LogP contribution in [0.25, 0.3) is 0 Å². The summed E-state index contributed by atoms with van der Waals surface area (Å²) in [5.74, 6) is -1.18. The lowest BCUT2D eigenvalue weighted by molar-refractivity contribution is -0.143. The van der Waals surface area contributed by atoms with Crippen molar-refractivity contribution in [2.75, 3.05) is 19.0 Å². The molecular weight excluding hydrogens is 392 g/mol. The van der Waals surface area contributed by atoms with E-state index in [2.05, 4.69) is 5.32 Å². The highest BCUT2D eigenvalue weighted by Gasteiger charge is 2.37. The van der Waals surface area contributed by atoms with E-state index in [-0.39, 0.29) is 11.8 Å². The van der Waals surface area contributed by atoms with Crippen molar-refractivity contribution in [1.29, 1.82) is 0 Å². The van der Waals surface area contributed by atoms with Crippen LogP contribution in [0, 0.1) is 6.92 Å². The maximum absolute atomic E-state index is 12.8. The molecule has 2 rings (SSSR count). The average Bonchev–Trinajstić information content (AvgIpc) is 2.58. The average molecular weight is 407 g/mol. The number of hydrogen-bond donors (Lipinski definition) is 1. The Morgan fingerprint density at radius 2 is 1.54 bits per heavy atom. The van der Waals surface area contributed by atoms with Crippen molar-refractivity contribution in [3.05, 3.63) is 53.1 Å². The summed E-state index contributed by atoms with van der Waals surface area (Å²) in [5, 5.41) is 2.43. The van der Waals surface area contributed by atoms with E-state index in [9.17, 15) is 31.1 Å². The van der Waals surface area contributed by atoms with Gasteiger partial charge in [0.1, 0.15) is 11.5 Å². The van der Waals surface area contributed by atoms with Crippen LogP contribution in [0.2, 0.25) is 0 Å². The number of hydrogen-bond acceptors (Lipinski definition) is 3. The molecule has 0 aliphatic heterocycles. The predicted octanol–water partition coefficient (Wildman–Crippen LogP) is 5.06. The molecule has 0 aliphatic carbocycles. The van der Waals surface area contributed by atoms with Crippen molar-refractivity contribution in [2.45, 2.75) is 19.3 Å². The van der Waals surface area contributed by atoms with Gasteiger partial charge in [0.05, 0.1) is 23.9 Å². The van der Waals surface area contributed by atoms with E-state index >= 15 is 0 Å². The van der Waals surface area contributed by atoms with E-state index in [1.54, 1.807) is 25.1 Å². The molecule has 152 valence electrons. The first kappa shape index (κ1) is 21.4. The maximum Gasteiger partial charge on any atom is 0.416 e. The van der Waals surface area contributed by atoms with Crippen LogP contribution in [0.4, 0.5) is 32.0 Å². The molecule has 4 nitrogen and oxygen atoms in total. The van der Waals surface area contributed by atoms with Gasteiger partial charge in [-0.1, -0.05) is 6.07 Å². The van der Waals surface area contributed by atoms with E-state index in [1.807, 2.05) is 0 Å². The number of methoxy groups -OCH3 is 1. The molecule has 0 aliphatic rings. The lowest BCUT2D eigenvalue weighted by atomic mass is 10.1. The third-order valence-corrected chi connectivity index (χ3v) is 3.56. The number of nitrogens with one attached hydrogen (secondary N) is 1. The maximum atomic E-state index is 12.8. The van der Waals surface area contributed by atoms with Crippen LogP contribution in [0.5, 0.6) is 11.5 Å². The molecule has 2 aromatic carbocycles. The van der Waals surface area contributed by atoms with E-state index in [4.69, 9.17) is 9.47 Å². The predicted molar refractivity (Wildman–Crippen MR) is 88.3 cm³/mol. The topological polar surface area (TPSA) is 47.6 Å². The van der Waals surface area contributed by atoms with Crippen LogP contribution >= 0.6 is 0 Å². The number of amides is 1. The smallest absolute Gasteiger partial charge is 0.416 e. The normalized spacial score (nSPS) is 11.9. The van der Waals surface area contributed by atoms with Crippen LogP contribution in [0.3, 0.4) is 0 Å². The van der Waals surface area contributed by atoms with Crippen LogP contribution in [-0.2, 0) is 17.1 Å². The molecule has 0 heterocycles. The summed E-state index contributed by atoms with van der Waals surface area (Å²) in [6.07, 6.45) is -10.0. The fourth-order valence-corrected chi connectivity index (χ4v) is 2.26. The van der Waals surface area contributed by atoms with Crippen LogP contribution in [0.15, 0.2) is 36.4 Å². The lowest BCUT2D eigenvalue weighted by Crippen LogP contribution is -2.21. The summed E-state index contributed by atoms with van der Waals surface area (Å²) >= 11 is 0. The van der Waals surface area contributed by atoms with Crippen LogP contribution in [-0.4, -0.2) is 19.6 Å². The number of ether oxygens (including phenoxy) is 2. The Morgan fingerprint density at radius 3 is 2.04 bits per heavy atom. The van der Waals surface area contributed by atoms with Gasteiger partial charge < -0.3 is 14.8 Å². The van der Waals surface area contributed by atoms with Crippen LogP contribution < -0.4 is 14.8 Å². The van der Waals surface area contributed by atoms with E-state index in [1.165, 1.54) is 7.11 Å². The third-order valence-electron chi connectivity index (χ3n) is 3.56. The van der Waals surface area contributed by atoms with Crippen molar-refractivity contribution >= 4 is 11.6 Å². The van der Waals surface area contributed by atoms with Crippen molar-refractivity contribution in [3.63, 3.8) is 0 Å². The Bertz CT molecular complexity index is 829. The van der Waals surface area contributed by atoms with Gasteiger partial charge in [-0.3, -0.25) is 4.79 Å². The fraction of sp³-hybridized carbons (Fsp3) is 0.278. The van der Waals surface area contributed by atoms with Crippen molar-refractivity contribution < 1.29 is 40.6 Å². The molecule has 10 heteroatoms. The van der Waals surface area contributed by atoms with Gasteiger partial charge in [0, 0.05) is 0 Å². The summed E-state index contributed by atoms with van der Waals surface area (Å²) in [4.78, 5) is 12.0. The van der Waals surface area contributed by atoms with Gasteiger partial charge >= 0.3 is 12.4 Å². The molecule has 2 aromatic rings. The molecule has 0 spiro atoms. The van der Waals surface area contributed by atoms with Crippen molar-refractivity contribution in [3.8, 4) is 11.5 Å². The Hall–Kier alpha value is -2.91. The largest absolute Gasteiger partial charge is 0.495 e. The van der Waals surface area contributed by atoms with Gasteiger partial charge in [0.2, 0.25) is 0 Å². The number of carbonyl (C=O) groups is 1. The molecule has 0 atom stereocenters. The monoisotopic (exact) mass is 407 g/mol. The van der Waals surface area contributed by atoms with E-state index in [0.717, 1.165) is 5.56 Å². The van der Waals surface area contributed by atoms with Crippen molar-refractivity contribution in [1.82, 2.24) is 0 Å². The zero-order chi connectivity index (χ0) is 21.1. The molecule has 0 unspecified atom stereocenters. The molecule has 0 radical (unpaired) electrons. The minimum Gasteiger partial charge on any atom is -0.495 e. The SMILES string of the molecule is COc1ccc(C)cc1NC(=O)COc1cc(C(F)(F)F)cc(C(F)(F)F)c1. The second-order valence-electron chi connectivity index (χ2n) is 5.78. The summed E-state index contributed by atoms with van der Waals surface area (Å²) in [6.45, 7) is 0.961. The quantitative estimate of drug-likeness (QED) is 0.705. The van der Waals surface area contributed by atoms with Crippen molar-refractivity contribution in [2.24, 2.45) is 0 Å². The highest BCUT2D eigenvalue weighted by atomic mass is 19.4. The van der Waals surface area contributed by atoms with Gasteiger partial charge in [-0.25, -0.2) is 0 Å². The van der Waals surface area contributed by atoms with Gasteiger partial charge in [-0.2, -0.15) is 26.3 Å². The Balaban J connectivity index is 2.17. The highest BCUT2D eigenvalue weighted by molar-refractivity contribution is 5.93. The van der Waals surface area contributed by atoms with E-state index in [0.29, 0.717) is 17.9 Å². The summed E-state index contributed by atoms with van der Waals surface area (Å²) in [6, 6.07) is 5.68. The van der Waals surface area contributed by atoms with Gasteiger partial charge in [0.15, 0.2) is 6.61 Å². The lowest BCUT2D eigenvalue weighted by Gasteiger charge is -2.15. The van der Waals surface area contributed by atoms with Gasteiger partial charge in [-0.15, -0.1) is 0 Å². The molecule has 0 aromatic heterocycles. The molecule has 1 N–H and O–H groups in total. The number of alkyl halides is 6. The Morgan fingerprint density at radius 1 is 0.964 bits per heavy atom. The minimum atomic E-state index is -5.00. The minimum absolute atomic E-state index is 0.0233. The first-order valence-electron chi connectivity index (χ1n) is 7.77. The second kappa shape index (κ2) is 7.99.